The van der Waals surface area contributed by atoms with Crippen LogP contribution in [0.25, 0.3) is 0 Å². The van der Waals surface area contributed by atoms with Gasteiger partial charge in [0.05, 0.1) is 26.4 Å². The summed E-state index contributed by atoms with van der Waals surface area (Å²) in [7, 11) is -10.0. The van der Waals surface area contributed by atoms with E-state index in [2.05, 4.69) is 161 Å². The van der Waals surface area contributed by atoms with E-state index >= 15 is 0 Å². The van der Waals surface area contributed by atoms with Crippen molar-refractivity contribution in [3.05, 3.63) is 170 Å². The zero-order valence-electron chi connectivity index (χ0n) is 67.2. The smallest absolute Gasteiger partial charge is 0.462 e. The van der Waals surface area contributed by atoms with Crippen molar-refractivity contribution < 1.29 is 80.2 Å². The monoisotopic (exact) mass is 1550 g/mol. The van der Waals surface area contributed by atoms with Crippen LogP contribution in [0.15, 0.2) is 170 Å². The van der Waals surface area contributed by atoms with Gasteiger partial charge in [0, 0.05) is 25.7 Å². The molecule has 3 N–H and O–H groups in total. The zero-order chi connectivity index (χ0) is 78.9. The zero-order valence-corrected chi connectivity index (χ0v) is 69.0. The normalized spacial score (nSPS) is 14.7. The Morgan fingerprint density at radius 2 is 0.472 bits per heavy atom. The lowest BCUT2D eigenvalue weighted by atomic mass is 10.1. The summed E-state index contributed by atoms with van der Waals surface area (Å²) in [5, 5.41) is 10.7. The Morgan fingerprint density at radius 1 is 0.259 bits per heavy atom. The van der Waals surface area contributed by atoms with E-state index in [-0.39, 0.29) is 25.7 Å². The second-order valence-corrected chi connectivity index (χ2v) is 29.9. The molecule has 19 heteroatoms. The number of unbranched alkanes of at least 4 members (excludes halogenated alkanes) is 22. The van der Waals surface area contributed by atoms with E-state index in [0.717, 1.165) is 141 Å². The summed E-state index contributed by atoms with van der Waals surface area (Å²) in [6.07, 6.45) is 95.0. The molecule has 0 aromatic carbocycles. The largest absolute Gasteiger partial charge is 0.472 e. The first-order valence-corrected chi connectivity index (χ1v) is 44.4. The fourth-order valence-corrected chi connectivity index (χ4v) is 11.9. The minimum Gasteiger partial charge on any atom is -0.462 e. The van der Waals surface area contributed by atoms with E-state index in [1.165, 1.54) is 77.0 Å². The maximum atomic E-state index is 13.1. The van der Waals surface area contributed by atoms with Gasteiger partial charge in [-0.25, -0.2) is 9.13 Å². The highest BCUT2D eigenvalue weighted by atomic mass is 31.2. The van der Waals surface area contributed by atoms with E-state index in [0.29, 0.717) is 38.5 Å². The van der Waals surface area contributed by atoms with Crippen LogP contribution in [-0.4, -0.2) is 96.7 Å². The van der Waals surface area contributed by atoms with Gasteiger partial charge in [0.1, 0.15) is 19.3 Å². The number of aliphatic hydroxyl groups is 1. The molecule has 4 atom stereocenters. The molecule has 0 aliphatic rings. The standard InChI is InChI=1S/C89H146O17P2/c1-5-9-13-17-21-25-29-33-37-39-41-43-47-51-55-59-63-67-71-75-88(93)105-84(79-99-86(91)73-69-65-61-57-53-49-45-35-31-27-23-19-15-11-7-3)81-103-107(95,96)101-77-83(90)78-102-108(97,98)104-82-85(80-100-87(92)74-70-66-62-58-54-50-46-36-32-28-24-20-16-12-8-4)106-89(94)76-72-68-64-60-56-52-48-44-42-40-38-34-30-26-22-18-14-10-6-2/h21-28,33-38,41-46,51-52,55-56,63-64,67-68,83-85,90H,5-20,29-32,39-40,47-50,53-54,57-62,65-66,69-82H2,1-4H3,(H,95,96)(H,97,98)/b25-21-,26-22-,27-23-,28-24-,37-33-,38-34-,43-41-,44-42-,45-35-,46-36-,55-51-,56-52-,67-63-,68-64-/t84-,85-/m1/s1. The van der Waals surface area contributed by atoms with Crippen LogP contribution in [0.2, 0.25) is 0 Å². The third-order valence-corrected chi connectivity index (χ3v) is 18.6. The van der Waals surface area contributed by atoms with Gasteiger partial charge in [-0.1, -0.05) is 288 Å². The molecule has 0 aliphatic heterocycles. The van der Waals surface area contributed by atoms with Gasteiger partial charge in [-0.15, -0.1) is 0 Å². The molecule has 17 nitrogen and oxygen atoms in total. The number of esters is 4. The first kappa shape index (κ1) is 102. The molecule has 0 amide bonds. The van der Waals surface area contributed by atoms with Crippen molar-refractivity contribution in [3.8, 4) is 0 Å². The van der Waals surface area contributed by atoms with Gasteiger partial charge in [-0.05, 0) is 167 Å². The molecule has 0 aromatic rings. The van der Waals surface area contributed by atoms with Gasteiger partial charge in [0.25, 0.3) is 0 Å². The second-order valence-electron chi connectivity index (χ2n) is 27.0. The number of aliphatic hydroxyl groups excluding tert-OH is 1. The minimum absolute atomic E-state index is 0.0393. The summed E-state index contributed by atoms with van der Waals surface area (Å²) in [5.41, 5.74) is 0. The Bertz CT molecular complexity index is 2530. The molecule has 2 unspecified atom stereocenters. The predicted octanol–water partition coefficient (Wildman–Crippen LogP) is 24.6. The number of carbonyl (C=O) groups is 4. The van der Waals surface area contributed by atoms with Gasteiger partial charge < -0.3 is 33.8 Å². The maximum Gasteiger partial charge on any atom is 0.472 e. The number of ether oxygens (including phenoxy) is 4. The van der Waals surface area contributed by atoms with Gasteiger partial charge in [0.2, 0.25) is 0 Å². The topological polar surface area (TPSA) is 237 Å². The fraction of sp³-hybridized carbons (Fsp3) is 0.640. The number of hydrogen-bond acceptors (Lipinski definition) is 15. The number of rotatable bonds is 76. The Balaban J connectivity index is 5.55. The van der Waals surface area contributed by atoms with Crippen molar-refractivity contribution in [1.82, 2.24) is 0 Å². The summed E-state index contributed by atoms with van der Waals surface area (Å²) in [6, 6.07) is 0. The third kappa shape index (κ3) is 78.5. The number of allylic oxidation sites excluding steroid dienone is 28. The van der Waals surface area contributed by atoms with Crippen molar-refractivity contribution in [2.24, 2.45) is 0 Å². The van der Waals surface area contributed by atoms with E-state index in [1.807, 2.05) is 36.5 Å². The van der Waals surface area contributed by atoms with Crippen molar-refractivity contribution >= 4 is 39.5 Å². The second kappa shape index (κ2) is 79.5. The van der Waals surface area contributed by atoms with Gasteiger partial charge >= 0.3 is 39.5 Å². The lowest BCUT2D eigenvalue weighted by molar-refractivity contribution is -0.161. The maximum absolute atomic E-state index is 13.1. The highest BCUT2D eigenvalue weighted by Crippen LogP contribution is 2.45. The van der Waals surface area contributed by atoms with Crippen LogP contribution in [0, 0.1) is 0 Å². The highest BCUT2D eigenvalue weighted by molar-refractivity contribution is 7.47. The van der Waals surface area contributed by atoms with Crippen molar-refractivity contribution in [3.63, 3.8) is 0 Å². The summed E-state index contributed by atoms with van der Waals surface area (Å²) in [5.74, 6) is -2.41. The minimum atomic E-state index is -5.02. The third-order valence-electron chi connectivity index (χ3n) is 16.6. The van der Waals surface area contributed by atoms with Crippen LogP contribution >= 0.6 is 15.6 Å². The van der Waals surface area contributed by atoms with Crippen molar-refractivity contribution in [1.29, 1.82) is 0 Å². The number of phosphoric acid groups is 2. The average Bonchev–Trinajstić information content (AvgIpc) is 0.907. The van der Waals surface area contributed by atoms with Crippen LogP contribution in [0.5, 0.6) is 0 Å². The average molecular weight is 1550 g/mol. The Kier molecular flexibility index (Phi) is 75.4. The molecule has 0 bridgehead atoms. The van der Waals surface area contributed by atoms with Crippen LogP contribution < -0.4 is 0 Å². The molecule has 614 valence electrons. The molecule has 0 aliphatic carbocycles. The summed E-state index contributed by atoms with van der Waals surface area (Å²) >= 11 is 0. The van der Waals surface area contributed by atoms with E-state index in [4.69, 9.17) is 37.0 Å². The van der Waals surface area contributed by atoms with Crippen molar-refractivity contribution in [2.75, 3.05) is 39.6 Å². The van der Waals surface area contributed by atoms with Gasteiger partial charge in [-0.2, -0.15) is 0 Å². The Hall–Kier alpha value is -5.58. The molecule has 0 radical (unpaired) electrons. The molecule has 0 rings (SSSR count). The van der Waals surface area contributed by atoms with E-state index in [1.54, 1.807) is 0 Å². The molecule has 0 fully saturated rings. The summed E-state index contributed by atoms with van der Waals surface area (Å²) < 4.78 is 68.5. The Morgan fingerprint density at radius 3 is 0.731 bits per heavy atom. The van der Waals surface area contributed by atoms with E-state index < -0.39 is 97.5 Å². The summed E-state index contributed by atoms with van der Waals surface area (Å²) in [6.45, 7) is 4.56. The number of phosphoric ester groups is 2. The van der Waals surface area contributed by atoms with Gasteiger partial charge in [-0.3, -0.25) is 37.3 Å². The summed E-state index contributed by atoms with van der Waals surface area (Å²) in [4.78, 5) is 73.1. The van der Waals surface area contributed by atoms with Crippen LogP contribution in [-0.2, 0) is 65.4 Å². The molecular formula is C89H146O17P2. The molecule has 108 heavy (non-hydrogen) atoms. The van der Waals surface area contributed by atoms with E-state index in [9.17, 15) is 43.2 Å². The molecule has 0 saturated carbocycles. The van der Waals surface area contributed by atoms with Crippen molar-refractivity contribution in [2.45, 2.75) is 329 Å². The lowest BCUT2D eigenvalue weighted by Gasteiger charge is -2.21. The molecular weight excluding hydrogens is 1400 g/mol. The Labute approximate surface area is 654 Å². The van der Waals surface area contributed by atoms with Crippen LogP contribution in [0.3, 0.4) is 0 Å². The van der Waals surface area contributed by atoms with Crippen LogP contribution in [0.4, 0.5) is 0 Å². The molecule has 0 saturated heterocycles. The van der Waals surface area contributed by atoms with Gasteiger partial charge in [0.15, 0.2) is 12.2 Å². The van der Waals surface area contributed by atoms with Crippen LogP contribution in [0.1, 0.15) is 310 Å². The predicted molar refractivity (Wildman–Crippen MR) is 445 cm³/mol. The SMILES string of the molecule is CCCCC/C=C\C/C=C\C/C=C\C/C=C\C/C=C\CCC(=O)O[C@H](COC(=O)CCCCCCC/C=C\C/C=C\CCCCC)COP(=O)(O)OCC(O)COP(=O)(O)OC[C@@H](COC(=O)CCCCCCC/C=C\C/C=C\CCCCC)OC(=O)CC/C=C\C/C=C\C/C=C\C/C=C\C/C=C\CCCCC. The molecule has 0 spiro atoms. The highest BCUT2D eigenvalue weighted by Gasteiger charge is 2.30. The lowest BCUT2D eigenvalue weighted by Crippen LogP contribution is -2.30. The molecule has 0 heterocycles. The molecule has 0 aromatic heterocycles. The number of carbonyl (C=O) groups excluding carboxylic acids is 4. The fourth-order valence-electron chi connectivity index (χ4n) is 10.3. The number of hydrogen-bond donors (Lipinski definition) is 3. The first-order valence-electron chi connectivity index (χ1n) is 41.4. The quantitative estimate of drug-likeness (QED) is 0.0169. The first-order chi connectivity index (χ1) is 52.7.